The Kier molecular flexibility index (Phi) is 5.17. The maximum absolute atomic E-state index is 12.0. The van der Waals surface area contributed by atoms with Crippen LogP contribution in [0, 0.1) is 17.0 Å². The van der Waals surface area contributed by atoms with Crippen LogP contribution in [-0.2, 0) is 6.54 Å². The molecule has 2 aromatic heterocycles. The van der Waals surface area contributed by atoms with Crippen molar-refractivity contribution in [1.29, 1.82) is 0 Å². The number of nitrogens with zero attached hydrogens (tertiary/aromatic N) is 4. The van der Waals surface area contributed by atoms with E-state index in [1.54, 1.807) is 0 Å². The van der Waals surface area contributed by atoms with E-state index in [9.17, 15) is 14.9 Å². The van der Waals surface area contributed by atoms with E-state index in [4.69, 9.17) is 8.83 Å². The van der Waals surface area contributed by atoms with E-state index in [0.717, 1.165) is 11.1 Å². The fourth-order valence-corrected chi connectivity index (χ4v) is 3.52. The molecule has 0 spiro atoms. The minimum Gasteiger partial charge on any atom is -0.411 e. The van der Waals surface area contributed by atoms with E-state index >= 15 is 0 Å². The summed E-state index contributed by atoms with van der Waals surface area (Å²) in [6.07, 6.45) is 0.615. The van der Waals surface area contributed by atoms with Crippen LogP contribution in [0.3, 0.4) is 0 Å². The molecule has 0 aliphatic carbocycles. The molecule has 0 saturated heterocycles. The maximum Gasteiger partial charge on any atom is 0.419 e. The monoisotopic (exact) mass is 412 g/mol. The van der Waals surface area contributed by atoms with Gasteiger partial charge < -0.3 is 8.83 Å². The van der Waals surface area contributed by atoms with Crippen LogP contribution in [0.25, 0.3) is 22.6 Å². The van der Waals surface area contributed by atoms with Gasteiger partial charge in [0.25, 0.3) is 10.9 Å². The van der Waals surface area contributed by atoms with Crippen molar-refractivity contribution in [2.24, 2.45) is 0 Å². The average molecular weight is 412 g/mol. The van der Waals surface area contributed by atoms with E-state index < -0.39 is 10.7 Å². The van der Waals surface area contributed by atoms with Gasteiger partial charge >= 0.3 is 5.76 Å². The predicted octanol–water partition coefficient (Wildman–Crippen LogP) is 4.04. The average Bonchev–Trinajstić information content (AvgIpc) is 3.29. The van der Waals surface area contributed by atoms with Gasteiger partial charge in [-0.05, 0) is 31.5 Å². The molecule has 0 atom stereocenters. The molecule has 4 rings (SSSR count). The second kappa shape index (κ2) is 7.92. The highest BCUT2D eigenvalue weighted by molar-refractivity contribution is 7.99. The Labute approximate surface area is 168 Å². The Bertz CT molecular complexity index is 1230. The van der Waals surface area contributed by atoms with Crippen molar-refractivity contribution in [2.45, 2.75) is 25.1 Å². The number of oxazole rings is 1. The van der Waals surface area contributed by atoms with Crippen LogP contribution in [0.2, 0.25) is 0 Å². The number of hydrogen-bond donors (Lipinski definition) is 0. The molecule has 0 bridgehead atoms. The molecule has 4 aromatic rings. The smallest absolute Gasteiger partial charge is 0.411 e. The first-order valence-electron chi connectivity index (χ1n) is 8.82. The number of hydrogen-bond acceptors (Lipinski definition) is 8. The van der Waals surface area contributed by atoms with Crippen LogP contribution in [0.5, 0.6) is 0 Å². The number of fused-ring (bicyclic) bond motifs is 1. The fraction of sp³-hybridized carbons (Fsp3) is 0.211. The molecule has 0 unspecified atom stereocenters. The number of aromatic nitrogens is 3. The molecule has 2 heterocycles. The van der Waals surface area contributed by atoms with Crippen molar-refractivity contribution in [3.8, 4) is 11.5 Å². The van der Waals surface area contributed by atoms with E-state index in [-0.39, 0.29) is 5.69 Å². The number of thioether (sulfide) groups is 1. The Hall–Kier alpha value is -3.40. The minimum atomic E-state index is -0.537. The molecule has 0 aliphatic heterocycles. The Morgan fingerprint density at radius 1 is 1.14 bits per heavy atom. The number of nitro groups is 1. The largest absolute Gasteiger partial charge is 0.419 e. The van der Waals surface area contributed by atoms with Crippen molar-refractivity contribution in [3.05, 3.63) is 68.7 Å². The third-order valence-electron chi connectivity index (χ3n) is 4.32. The van der Waals surface area contributed by atoms with Crippen molar-refractivity contribution < 1.29 is 13.8 Å². The molecule has 0 aliphatic rings. The first kappa shape index (κ1) is 18.9. The normalized spacial score (nSPS) is 11.2. The quantitative estimate of drug-likeness (QED) is 0.193. The van der Waals surface area contributed by atoms with Gasteiger partial charge in [-0.25, -0.2) is 4.79 Å². The zero-order valence-electron chi connectivity index (χ0n) is 15.4. The number of benzene rings is 2. The fourth-order valence-electron chi connectivity index (χ4n) is 2.84. The molecule has 148 valence electrons. The molecule has 9 nitrogen and oxygen atoms in total. The second-order valence-electron chi connectivity index (χ2n) is 6.37. The van der Waals surface area contributed by atoms with E-state index in [1.165, 1.54) is 34.5 Å². The van der Waals surface area contributed by atoms with Gasteiger partial charge in [0.05, 0.1) is 10.4 Å². The van der Waals surface area contributed by atoms with Gasteiger partial charge in [0.15, 0.2) is 5.58 Å². The van der Waals surface area contributed by atoms with Crippen LogP contribution >= 0.6 is 11.8 Å². The summed E-state index contributed by atoms with van der Waals surface area (Å²) in [5, 5.41) is 19.5. The lowest BCUT2D eigenvalue weighted by Gasteiger charge is -2.01. The molecule has 2 aromatic carbocycles. The van der Waals surface area contributed by atoms with Gasteiger partial charge in [-0.1, -0.05) is 29.5 Å². The highest BCUT2D eigenvalue weighted by atomic mass is 32.2. The van der Waals surface area contributed by atoms with Crippen LogP contribution in [0.1, 0.15) is 12.0 Å². The van der Waals surface area contributed by atoms with Crippen LogP contribution in [0.15, 0.2) is 61.3 Å². The number of aryl methyl sites for hydroxylation is 2. The summed E-state index contributed by atoms with van der Waals surface area (Å²) in [6, 6.07) is 11.9. The summed E-state index contributed by atoms with van der Waals surface area (Å²) in [5.74, 6) is 0.547. The Morgan fingerprint density at radius 2 is 1.93 bits per heavy atom. The van der Waals surface area contributed by atoms with Gasteiger partial charge in [-0.2, -0.15) is 0 Å². The van der Waals surface area contributed by atoms with Crippen molar-refractivity contribution in [3.63, 3.8) is 0 Å². The summed E-state index contributed by atoms with van der Waals surface area (Å²) in [5.41, 5.74) is 2.65. The molecule has 0 amide bonds. The molecular weight excluding hydrogens is 396 g/mol. The lowest BCUT2D eigenvalue weighted by atomic mass is 10.1. The molecule has 0 fully saturated rings. The molecule has 0 N–H and O–H groups in total. The third kappa shape index (κ3) is 4.06. The van der Waals surface area contributed by atoms with Crippen molar-refractivity contribution >= 4 is 28.5 Å². The summed E-state index contributed by atoms with van der Waals surface area (Å²) in [7, 11) is 0. The summed E-state index contributed by atoms with van der Waals surface area (Å²) >= 11 is 1.39. The lowest BCUT2D eigenvalue weighted by molar-refractivity contribution is -0.384. The molecular formula is C19H16N4O5S. The lowest BCUT2D eigenvalue weighted by Crippen LogP contribution is -2.14. The van der Waals surface area contributed by atoms with Crippen LogP contribution in [0.4, 0.5) is 5.69 Å². The Morgan fingerprint density at radius 3 is 2.69 bits per heavy atom. The van der Waals surface area contributed by atoms with Gasteiger partial charge in [-0.15, -0.1) is 10.2 Å². The molecule has 10 heteroatoms. The standard InChI is InChI=1S/C19H16N4O5S/c1-12-3-5-13(6-4-12)17-20-21-18(28-17)29-10-2-9-22-15-11-14(23(25)26)7-8-16(15)27-19(22)24/h3-8,11H,2,9-10H2,1H3. The molecule has 0 radical (unpaired) electrons. The van der Waals surface area contributed by atoms with E-state index in [2.05, 4.69) is 10.2 Å². The van der Waals surface area contributed by atoms with Gasteiger partial charge in [0, 0.05) is 30.0 Å². The number of nitro benzene ring substituents is 1. The zero-order valence-corrected chi connectivity index (χ0v) is 16.2. The topological polar surface area (TPSA) is 117 Å². The highest BCUT2D eigenvalue weighted by Gasteiger charge is 2.14. The first-order chi connectivity index (χ1) is 14.0. The maximum atomic E-state index is 12.0. The molecule has 0 saturated carbocycles. The first-order valence-corrected chi connectivity index (χ1v) is 9.81. The number of rotatable bonds is 7. The van der Waals surface area contributed by atoms with E-state index in [1.807, 2.05) is 31.2 Å². The van der Waals surface area contributed by atoms with Crippen molar-refractivity contribution in [2.75, 3.05) is 5.75 Å². The zero-order chi connectivity index (χ0) is 20.4. The molecule has 29 heavy (non-hydrogen) atoms. The van der Waals surface area contributed by atoms with Gasteiger partial charge in [-0.3, -0.25) is 14.7 Å². The van der Waals surface area contributed by atoms with Crippen molar-refractivity contribution in [1.82, 2.24) is 14.8 Å². The SMILES string of the molecule is Cc1ccc(-c2nnc(SCCCn3c(=O)oc4ccc([N+](=O)[O-])cc43)o2)cc1. The van der Waals surface area contributed by atoms with Crippen LogP contribution < -0.4 is 5.76 Å². The van der Waals surface area contributed by atoms with Crippen LogP contribution in [-0.4, -0.2) is 25.4 Å². The Balaban J connectivity index is 1.39. The second-order valence-corrected chi connectivity index (χ2v) is 7.42. The summed E-state index contributed by atoms with van der Waals surface area (Å²) in [6.45, 7) is 2.37. The summed E-state index contributed by atoms with van der Waals surface area (Å²) < 4.78 is 12.2. The minimum absolute atomic E-state index is 0.0871. The van der Waals surface area contributed by atoms with Gasteiger partial charge in [0.2, 0.25) is 5.89 Å². The highest BCUT2D eigenvalue weighted by Crippen LogP contribution is 2.24. The predicted molar refractivity (Wildman–Crippen MR) is 107 cm³/mol. The summed E-state index contributed by atoms with van der Waals surface area (Å²) in [4.78, 5) is 22.5. The third-order valence-corrected chi connectivity index (χ3v) is 5.22. The van der Waals surface area contributed by atoms with Gasteiger partial charge in [0.1, 0.15) is 0 Å². The van der Waals surface area contributed by atoms with E-state index in [0.29, 0.717) is 40.9 Å². The number of non-ortho nitro benzene ring substituents is 1.